The summed E-state index contributed by atoms with van der Waals surface area (Å²) in [4.78, 5) is 26.0. The molecule has 0 aromatic heterocycles. The molecule has 0 saturated carbocycles. The quantitative estimate of drug-likeness (QED) is 0.436. The molecule has 0 unspecified atom stereocenters. The van der Waals surface area contributed by atoms with E-state index in [-0.39, 0.29) is 17.0 Å². The van der Waals surface area contributed by atoms with Crippen LogP contribution in [0.5, 0.6) is 11.5 Å². The molecule has 1 atom stereocenters. The van der Waals surface area contributed by atoms with Gasteiger partial charge in [0.1, 0.15) is 19.3 Å². The monoisotopic (exact) mass is 551 g/mol. The first-order valence-electron chi connectivity index (χ1n) is 12.5. The second kappa shape index (κ2) is 11.0. The fraction of sp³-hybridized carbons (Fsp3) is 0.310. The molecule has 1 heterocycles. The first kappa shape index (κ1) is 28.0. The molecule has 39 heavy (non-hydrogen) atoms. The van der Waals surface area contributed by atoms with Gasteiger partial charge >= 0.3 is 0 Å². The maximum atomic E-state index is 13.2. The molecule has 1 aliphatic rings. The minimum absolute atomic E-state index is 0.0204. The molecule has 0 radical (unpaired) electrons. The molecule has 2 amide bonds. The highest BCUT2D eigenvalue weighted by molar-refractivity contribution is 7.92. The van der Waals surface area contributed by atoms with E-state index in [2.05, 4.69) is 31.4 Å². The second-order valence-electron chi connectivity index (χ2n) is 10.4. The number of fused-ring (bicyclic) bond motifs is 1. The zero-order chi connectivity index (χ0) is 28.4. The topological polar surface area (TPSA) is 114 Å². The van der Waals surface area contributed by atoms with Crippen molar-refractivity contribution in [3.05, 3.63) is 77.9 Å². The lowest BCUT2D eigenvalue weighted by atomic mass is 9.87. The van der Waals surface area contributed by atoms with Gasteiger partial charge < -0.3 is 20.1 Å². The standard InChI is InChI=1S/C29H33N3O6S/c1-19(32(39(5,35)36)24-13-14-25-26(18-24)38-16-15-37-25)27(33)30-22-7-6-8-23(17-22)31-28(34)20-9-11-21(12-10-20)29(2,3)4/h6-14,17-19H,15-16H2,1-5H3,(H,30,33)(H,31,34)/t19-/m0/s1. The molecule has 0 spiro atoms. The van der Waals surface area contributed by atoms with Gasteiger partial charge in [0.25, 0.3) is 5.91 Å². The number of carbonyl (C=O) groups is 2. The first-order valence-corrected chi connectivity index (χ1v) is 14.4. The number of carbonyl (C=O) groups excluding carboxylic acids is 2. The molecular weight excluding hydrogens is 518 g/mol. The number of benzene rings is 3. The van der Waals surface area contributed by atoms with Crippen LogP contribution in [0.25, 0.3) is 0 Å². The third kappa shape index (κ3) is 6.69. The SMILES string of the molecule is C[C@@H](C(=O)Nc1cccc(NC(=O)c2ccc(C(C)(C)C)cc2)c1)N(c1ccc2c(c1)OCCO2)S(C)(=O)=O. The lowest BCUT2D eigenvalue weighted by Crippen LogP contribution is -2.45. The van der Waals surface area contributed by atoms with Gasteiger partial charge in [0.05, 0.1) is 11.9 Å². The third-order valence-corrected chi connectivity index (χ3v) is 7.51. The van der Waals surface area contributed by atoms with Gasteiger partial charge in [-0.05, 0) is 60.4 Å². The van der Waals surface area contributed by atoms with Crippen molar-refractivity contribution in [2.45, 2.75) is 39.2 Å². The average Bonchev–Trinajstić information content (AvgIpc) is 2.87. The van der Waals surface area contributed by atoms with Crippen LogP contribution in [0.3, 0.4) is 0 Å². The number of ether oxygens (including phenoxy) is 2. The number of hydrogen-bond acceptors (Lipinski definition) is 6. The average molecular weight is 552 g/mol. The van der Waals surface area contributed by atoms with Crippen molar-refractivity contribution in [1.82, 2.24) is 0 Å². The molecule has 0 saturated heterocycles. The number of nitrogens with one attached hydrogen (secondary N) is 2. The second-order valence-corrected chi connectivity index (χ2v) is 12.3. The molecule has 1 aliphatic heterocycles. The fourth-order valence-electron chi connectivity index (χ4n) is 4.22. The predicted molar refractivity (Wildman–Crippen MR) is 152 cm³/mol. The molecule has 4 rings (SSSR count). The Balaban J connectivity index is 1.48. The molecule has 9 nitrogen and oxygen atoms in total. The van der Waals surface area contributed by atoms with Crippen molar-refractivity contribution in [3.63, 3.8) is 0 Å². The molecule has 3 aromatic carbocycles. The zero-order valence-corrected chi connectivity index (χ0v) is 23.5. The van der Waals surface area contributed by atoms with E-state index in [0.29, 0.717) is 41.7 Å². The lowest BCUT2D eigenvalue weighted by Gasteiger charge is -2.29. The molecule has 0 fully saturated rings. The summed E-state index contributed by atoms with van der Waals surface area (Å²) in [6.45, 7) is 8.57. The third-order valence-electron chi connectivity index (χ3n) is 6.27. The number of nitrogens with zero attached hydrogens (tertiary/aromatic N) is 1. The predicted octanol–water partition coefficient (Wildman–Crippen LogP) is 4.80. The van der Waals surface area contributed by atoms with Gasteiger partial charge in [-0.15, -0.1) is 0 Å². The zero-order valence-electron chi connectivity index (χ0n) is 22.6. The summed E-state index contributed by atoms with van der Waals surface area (Å²) in [6.07, 6.45) is 1.04. The Morgan fingerprint density at radius 3 is 2.10 bits per heavy atom. The van der Waals surface area contributed by atoms with Gasteiger partial charge in [-0.2, -0.15) is 0 Å². The summed E-state index contributed by atoms with van der Waals surface area (Å²) in [5, 5.41) is 5.59. The fourth-order valence-corrected chi connectivity index (χ4v) is 5.39. The van der Waals surface area contributed by atoms with Gasteiger partial charge in [0.15, 0.2) is 11.5 Å². The van der Waals surface area contributed by atoms with Crippen LogP contribution in [-0.2, 0) is 20.2 Å². The van der Waals surface area contributed by atoms with E-state index in [4.69, 9.17) is 9.47 Å². The number of anilines is 3. The van der Waals surface area contributed by atoms with E-state index < -0.39 is 22.0 Å². The summed E-state index contributed by atoms with van der Waals surface area (Å²) in [7, 11) is -3.83. The lowest BCUT2D eigenvalue weighted by molar-refractivity contribution is -0.116. The molecule has 0 aliphatic carbocycles. The summed E-state index contributed by atoms with van der Waals surface area (Å²) < 4.78 is 37.5. The Hall–Kier alpha value is -4.05. The highest BCUT2D eigenvalue weighted by Gasteiger charge is 2.30. The van der Waals surface area contributed by atoms with Crippen LogP contribution < -0.4 is 24.4 Å². The Morgan fingerprint density at radius 2 is 1.49 bits per heavy atom. The number of hydrogen-bond donors (Lipinski definition) is 2. The Kier molecular flexibility index (Phi) is 7.87. The highest BCUT2D eigenvalue weighted by Crippen LogP contribution is 2.35. The Morgan fingerprint density at radius 1 is 0.872 bits per heavy atom. The van der Waals surface area contributed by atoms with Crippen LogP contribution in [-0.4, -0.2) is 45.7 Å². The van der Waals surface area contributed by atoms with Crippen LogP contribution in [0.1, 0.15) is 43.6 Å². The van der Waals surface area contributed by atoms with Crippen molar-refractivity contribution in [2.24, 2.45) is 0 Å². The van der Waals surface area contributed by atoms with Gasteiger partial charge in [-0.25, -0.2) is 8.42 Å². The molecular formula is C29H33N3O6S. The maximum absolute atomic E-state index is 13.2. The highest BCUT2D eigenvalue weighted by atomic mass is 32.2. The number of sulfonamides is 1. The molecule has 2 N–H and O–H groups in total. The van der Waals surface area contributed by atoms with E-state index in [0.717, 1.165) is 16.1 Å². The minimum atomic E-state index is -3.83. The smallest absolute Gasteiger partial charge is 0.255 e. The van der Waals surface area contributed by atoms with Crippen molar-refractivity contribution >= 4 is 38.9 Å². The van der Waals surface area contributed by atoms with Gasteiger partial charge in [-0.1, -0.05) is 39.0 Å². The first-order chi connectivity index (χ1) is 18.3. The summed E-state index contributed by atoms with van der Waals surface area (Å²) in [6, 6.07) is 17.7. The number of amides is 2. The number of rotatable bonds is 7. The maximum Gasteiger partial charge on any atom is 0.255 e. The van der Waals surface area contributed by atoms with Crippen LogP contribution >= 0.6 is 0 Å². The van der Waals surface area contributed by atoms with Crippen molar-refractivity contribution in [2.75, 3.05) is 34.4 Å². The van der Waals surface area contributed by atoms with Crippen molar-refractivity contribution < 1.29 is 27.5 Å². The van der Waals surface area contributed by atoms with Crippen LogP contribution in [0.15, 0.2) is 66.7 Å². The summed E-state index contributed by atoms with van der Waals surface area (Å²) in [5.41, 5.74) is 2.78. The van der Waals surface area contributed by atoms with E-state index in [9.17, 15) is 18.0 Å². The molecule has 10 heteroatoms. The Bertz CT molecular complexity index is 1480. The van der Waals surface area contributed by atoms with Gasteiger partial charge in [0.2, 0.25) is 15.9 Å². The van der Waals surface area contributed by atoms with Gasteiger partial charge in [0, 0.05) is 23.0 Å². The molecule has 206 valence electrons. The molecule has 3 aromatic rings. The Labute approximate surface area is 229 Å². The van der Waals surface area contributed by atoms with Crippen LogP contribution in [0.4, 0.5) is 17.1 Å². The van der Waals surface area contributed by atoms with E-state index in [1.165, 1.54) is 6.92 Å². The van der Waals surface area contributed by atoms with Crippen LogP contribution in [0, 0.1) is 0 Å². The van der Waals surface area contributed by atoms with Crippen LogP contribution in [0.2, 0.25) is 0 Å². The van der Waals surface area contributed by atoms with Crippen molar-refractivity contribution in [3.8, 4) is 11.5 Å². The van der Waals surface area contributed by atoms with E-state index in [1.807, 2.05) is 12.1 Å². The minimum Gasteiger partial charge on any atom is -0.486 e. The summed E-state index contributed by atoms with van der Waals surface area (Å²) in [5.74, 6) is 0.0989. The normalized spacial score (nSPS) is 13.8. The van der Waals surface area contributed by atoms with Crippen molar-refractivity contribution in [1.29, 1.82) is 0 Å². The van der Waals surface area contributed by atoms with E-state index in [1.54, 1.807) is 54.6 Å². The summed E-state index contributed by atoms with van der Waals surface area (Å²) >= 11 is 0. The van der Waals surface area contributed by atoms with Gasteiger partial charge in [-0.3, -0.25) is 13.9 Å². The molecule has 0 bridgehead atoms. The largest absolute Gasteiger partial charge is 0.486 e. The van der Waals surface area contributed by atoms with E-state index >= 15 is 0 Å².